The minimum Gasteiger partial charge on any atom is -0.497 e. The number of hydrogen-bond acceptors (Lipinski definition) is 4. The van der Waals surface area contributed by atoms with E-state index >= 15 is 0 Å². The first-order valence-corrected chi connectivity index (χ1v) is 8.23. The van der Waals surface area contributed by atoms with Crippen molar-refractivity contribution in [2.45, 2.75) is 31.6 Å². The lowest BCUT2D eigenvalue weighted by molar-refractivity contribution is 0.0696. The molecule has 1 aromatic carbocycles. The Labute approximate surface area is 125 Å². The van der Waals surface area contributed by atoms with E-state index in [1.807, 2.05) is 13.8 Å². The largest absolute Gasteiger partial charge is 0.497 e. The molecular formula is C14H21NO5S. The highest BCUT2D eigenvalue weighted by atomic mass is 32.2. The maximum atomic E-state index is 12.6. The number of carboxylic acid groups (broad SMARTS) is 1. The van der Waals surface area contributed by atoms with Crippen LogP contribution in [-0.4, -0.2) is 44.0 Å². The smallest absolute Gasteiger partial charge is 0.335 e. The van der Waals surface area contributed by atoms with Crippen LogP contribution >= 0.6 is 0 Å². The molecule has 0 saturated heterocycles. The van der Waals surface area contributed by atoms with E-state index < -0.39 is 16.0 Å². The van der Waals surface area contributed by atoms with Gasteiger partial charge in [-0.1, -0.05) is 13.8 Å². The van der Waals surface area contributed by atoms with Crippen molar-refractivity contribution < 1.29 is 23.1 Å². The van der Waals surface area contributed by atoms with Gasteiger partial charge in [0.25, 0.3) is 0 Å². The second-order valence-electron chi connectivity index (χ2n) is 4.61. The molecule has 118 valence electrons. The van der Waals surface area contributed by atoms with Crippen LogP contribution in [0.4, 0.5) is 0 Å². The first kappa shape index (κ1) is 17.5. The van der Waals surface area contributed by atoms with E-state index in [0.29, 0.717) is 25.9 Å². The van der Waals surface area contributed by atoms with Gasteiger partial charge in [0.2, 0.25) is 10.0 Å². The summed E-state index contributed by atoms with van der Waals surface area (Å²) < 4.78 is 31.6. The maximum Gasteiger partial charge on any atom is 0.335 e. The van der Waals surface area contributed by atoms with Crippen LogP contribution in [0.1, 0.15) is 37.0 Å². The van der Waals surface area contributed by atoms with Gasteiger partial charge in [-0.15, -0.1) is 0 Å². The average Bonchev–Trinajstić information content (AvgIpc) is 2.46. The fraction of sp³-hybridized carbons (Fsp3) is 0.500. The number of nitrogens with zero attached hydrogens (tertiary/aromatic N) is 1. The van der Waals surface area contributed by atoms with Gasteiger partial charge in [0.1, 0.15) is 5.75 Å². The molecule has 1 aromatic rings. The number of carbonyl (C=O) groups is 1. The van der Waals surface area contributed by atoms with Gasteiger partial charge in [-0.2, -0.15) is 4.31 Å². The quantitative estimate of drug-likeness (QED) is 0.795. The van der Waals surface area contributed by atoms with Crippen LogP contribution in [0.15, 0.2) is 23.1 Å². The van der Waals surface area contributed by atoms with Gasteiger partial charge in [0.15, 0.2) is 0 Å². The highest BCUT2D eigenvalue weighted by Gasteiger charge is 2.25. The van der Waals surface area contributed by atoms with Gasteiger partial charge in [-0.05, 0) is 25.0 Å². The number of benzene rings is 1. The minimum atomic E-state index is -3.72. The van der Waals surface area contributed by atoms with E-state index in [2.05, 4.69) is 0 Å². The fourth-order valence-electron chi connectivity index (χ4n) is 1.96. The zero-order chi connectivity index (χ0) is 16.0. The summed E-state index contributed by atoms with van der Waals surface area (Å²) in [5.41, 5.74) is -0.110. The van der Waals surface area contributed by atoms with Crippen molar-refractivity contribution in [3.63, 3.8) is 0 Å². The Bertz CT molecular complexity index is 591. The molecule has 1 rings (SSSR count). The van der Waals surface area contributed by atoms with Crippen molar-refractivity contribution in [2.75, 3.05) is 20.2 Å². The van der Waals surface area contributed by atoms with Crippen LogP contribution in [0.3, 0.4) is 0 Å². The number of ether oxygens (including phenoxy) is 1. The van der Waals surface area contributed by atoms with Crippen LogP contribution in [0, 0.1) is 0 Å². The Kier molecular flexibility index (Phi) is 6.17. The first-order valence-electron chi connectivity index (χ1n) is 6.79. The van der Waals surface area contributed by atoms with Gasteiger partial charge in [-0.3, -0.25) is 0 Å². The Balaban J connectivity index is 3.34. The van der Waals surface area contributed by atoms with E-state index in [1.165, 1.54) is 29.6 Å². The fourth-order valence-corrected chi connectivity index (χ4v) is 3.65. The van der Waals surface area contributed by atoms with Crippen LogP contribution < -0.4 is 4.74 Å². The monoisotopic (exact) mass is 315 g/mol. The van der Waals surface area contributed by atoms with E-state index in [4.69, 9.17) is 9.84 Å². The number of methoxy groups -OCH3 is 1. The molecule has 0 amide bonds. The summed E-state index contributed by atoms with van der Waals surface area (Å²) in [6.45, 7) is 4.59. The highest BCUT2D eigenvalue weighted by molar-refractivity contribution is 7.89. The highest BCUT2D eigenvalue weighted by Crippen LogP contribution is 2.24. The molecule has 0 atom stereocenters. The molecule has 1 N–H and O–H groups in total. The molecule has 6 nitrogen and oxygen atoms in total. The van der Waals surface area contributed by atoms with Gasteiger partial charge < -0.3 is 9.84 Å². The second-order valence-corrected chi connectivity index (χ2v) is 6.54. The molecule has 0 unspecified atom stereocenters. The average molecular weight is 315 g/mol. The van der Waals surface area contributed by atoms with Crippen molar-refractivity contribution in [3.8, 4) is 5.75 Å². The van der Waals surface area contributed by atoms with E-state index in [9.17, 15) is 13.2 Å². The molecule has 0 aliphatic heterocycles. The van der Waals surface area contributed by atoms with Crippen molar-refractivity contribution in [2.24, 2.45) is 0 Å². The summed E-state index contributed by atoms with van der Waals surface area (Å²) in [6.07, 6.45) is 1.38. The third-order valence-electron chi connectivity index (χ3n) is 2.95. The molecule has 0 aliphatic rings. The van der Waals surface area contributed by atoms with E-state index in [-0.39, 0.29) is 16.2 Å². The SMILES string of the molecule is CCCN(CCC)S(=O)(=O)c1cc(OC)cc(C(=O)O)c1. The molecule has 0 aliphatic carbocycles. The summed E-state index contributed by atoms with van der Waals surface area (Å²) in [7, 11) is -2.36. The van der Waals surface area contributed by atoms with Gasteiger partial charge in [-0.25, -0.2) is 13.2 Å². The van der Waals surface area contributed by atoms with Gasteiger partial charge in [0, 0.05) is 19.2 Å². The molecule has 0 fully saturated rings. The molecule has 7 heteroatoms. The van der Waals surface area contributed by atoms with Crippen molar-refractivity contribution >= 4 is 16.0 Å². The van der Waals surface area contributed by atoms with Crippen LogP contribution in [0.25, 0.3) is 0 Å². The standard InChI is InChI=1S/C14H21NO5S/c1-4-6-15(7-5-2)21(18,19)13-9-11(14(16)17)8-12(10-13)20-3/h8-10H,4-7H2,1-3H3,(H,16,17). The van der Waals surface area contributed by atoms with Crippen molar-refractivity contribution in [3.05, 3.63) is 23.8 Å². The van der Waals surface area contributed by atoms with Crippen molar-refractivity contribution in [1.82, 2.24) is 4.31 Å². The molecule has 0 aromatic heterocycles. The molecule has 0 spiro atoms. The third kappa shape index (κ3) is 4.18. The van der Waals surface area contributed by atoms with E-state index in [1.54, 1.807) is 0 Å². The van der Waals surface area contributed by atoms with Crippen LogP contribution in [0.5, 0.6) is 5.75 Å². The summed E-state index contributed by atoms with van der Waals surface area (Å²) in [4.78, 5) is 11.1. The third-order valence-corrected chi connectivity index (χ3v) is 4.82. The number of sulfonamides is 1. The first-order chi connectivity index (χ1) is 9.86. The molecule has 0 bridgehead atoms. The molecule has 21 heavy (non-hydrogen) atoms. The van der Waals surface area contributed by atoms with Gasteiger partial charge >= 0.3 is 5.97 Å². The number of rotatable bonds is 8. The lowest BCUT2D eigenvalue weighted by Crippen LogP contribution is -2.32. The number of hydrogen-bond donors (Lipinski definition) is 1. The van der Waals surface area contributed by atoms with E-state index in [0.717, 1.165) is 0 Å². The normalized spacial score (nSPS) is 11.6. The maximum absolute atomic E-state index is 12.6. The Hall–Kier alpha value is -1.60. The predicted octanol–water partition coefficient (Wildman–Crippen LogP) is 2.20. The van der Waals surface area contributed by atoms with Crippen LogP contribution in [-0.2, 0) is 10.0 Å². The molecule has 0 saturated carbocycles. The lowest BCUT2D eigenvalue weighted by Gasteiger charge is -2.21. The Morgan fingerprint density at radius 3 is 2.19 bits per heavy atom. The lowest BCUT2D eigenvalue weighted by atomic mass is 10.2. The topological polar surface area (TPSA) is 83.9 Å². The summed E-state index contributed by atoms with van der Waals surface area (Å²) >= 11 is 0. The number of aromatic carboxylic acids is 1. The summed E-state index contributed by atoms with van der Waals surface area (Å²) in [5.74, 6) is -0.982. The zero-order valence-corrected chi connectivity index (χ0v) is 13.3. The molecule has 0 heterocycles. The zero-order valence-electron chi connectivity index (χ0n) is 12.5. The number of carboxylic acids is 1. The summed E-state index contributed by atoms with van der Waals surface area (Å²) in [5, 5.41) is 9.08. The minimum absolute atomic E-state index is 0.0545. The van der Waals surface area contributed by atoms with Crippen LogP contribution in [0.2, 0.25) is 0 Å². The second kappa shape index (κ2) is 7.42. The van der Waals surface area contributed by atoms with Crippen molar-refractivity contribution in [1.29, 1.82) is 0 Å². The molecular weight excluding hydrogens is 294 g/mol. The van der Waals surface area contributed by atoms with Gasteiger partial charge in [0.05, 0.1) is 17.6 Å². The summed E-state index contributed by atoms with van der Waals surface area (Å²) in [6, 6.07) is 3.81. The molecule has 0 radical (unpaired) electrons. The Morgan fingerprint density at radius 2 is 1.76 bits per heavy atom. The Morgan fingerprint density at radius 1 is 1.19 bits per heavy atom. The predicted molar refractivity (Wildman–Crippen MR) is 79.3 cm³/mol.